The fourth-order valence-electron chi connectivity index (χ4n) is 4.51. The van der Waals surface area contributed by atoms with Gasteiger partial charge in [0.1, 0.15) is 17.5 Å². The van der Waals surface area contributed by atoms with Crippen LogP contribution in [0.15, 0.2) is 10.9 Å². The van der Waals surface area contributed by atoms with E-state index in [2.05, 4.69) is 42.1 Å². The van der Waals surface area contributed by atoms with Crippen molar-refractivity contribution in [1.29, 1.82) is 0 Å². The lowest BCUT2D eigenvalue weighted by Crippen LogP contribution is -2.47. The van der Waals surface area contributed by atoms with E-state index in [9.17, 15) is 4.79 Å². The minimum Gasteiger partial charge on any atom is -0.356 e. The summed E-state index contributed by atoms with van der Waals surface area (Å²) in [5.74, 6) is 0.961. The molecule has 9 heteroatoms. The highest BCUT2D eigenvalue weighted by Gasteiger charge is 2.28. The maximum absolute atomic E-state index is 12.8. The molecule has 30 heavy (non-hydrogen) atoms. The zero-order valence-corrected chi connectivity index (χ0v) is 18.1. The molecule has 1 atom stereocenters. The molecule has 164 valence electrons. The van der Waals surface area contributed by atoms with E-state index < -0.39 is 0 Å². The number of aryl methyl sites for hydroxylation is 1. The fourth-order valence-corrected chi connectivity index (χ4v) is 4.51. The van der Waals surface area contributed by atoms with Gasteiger partial charge in [-0.05, 0) is 39.3 Å². The van der Waals surface area contributed by atoms with Gasteiger partial charge in [-0.1, -0.05) is 12.1 Å². The van der Waals surface area contributed by atoms with Gasteiger partial charge < -0.3 is 24.5 Å². The number of piperidine rings is 1. The molecule has 4 rings (SSSR count). The van der Waals surface area contributed by atoms with Crippen LogP contribution in [0.2, 0.25) is 0 Å². The number of piperazine rings is 1. The molecule has 2 aliphatic rings. The Labute approximate surface area is 177 Å². The number of amides is 1. The highest BCUT2D eigenvalue weighted by atomic mass is 16.5. The number of likely N-dealkylation sites (N-methyl/N-ethyl adjacent to an activating group) is 1. The first-order chi connectivity index (χ1) is 14.7. The lowest BCUT2D eigenvalue weighted by Gasteiger charge is -2.34. The summed E-state index contributed by atoms with van der Waals surface area (Å²) in [6.45, 7) is 13.2. The Kier molecular flexibility index (Phi) is 6.79. The largest absolute Gasteiger partial charge is 0.356 e. The first-order valence-electron chi connectivity index (χ1n) is 11.2. The molecular weight excluding hydrogens is 382 g/mol. The summed E-state index contributed by atoms with van der Waals surface area (Å²) in [6, 6.07) is 0. The maximum atomic E-state index is 12.8. The van der Waals surface area contributed by atoms with Gasteiger partial charge in [-0.25, -0.2) is 4.98 Å². The third-order valence-corrected chi connectivity index (χ3v) is 6.38. The topological polar surface area (TPSA) is 90.6 Å². The zero-order valence-electron chi connectivity index (χ0n) is 18.1. The fraction of sp³-hybridized carbons (Fsp3) is 0.714. The monoisotopic (exact) mass is 415 g/mol. The highest BCUT2D eigenvalue weighted by molar-refractivity contribution is 5.88. The third kappa shape index (κ3) is 4.73. The van der Waals surface area contributed by atoms with Crippen molar-refractivity contribution in [2.75, 3.05) is 63.8 Å². The Bertz CT molecular complexity index is 847. The Morgan fingerprint density at radius 2 is 2.00 bits per heavy atom. The van der Waals surface area contributed by atoms with E-state index in [-0.39, 0.29) is 11.8 Å². The number of nitrogens with zero attached hydrogens (tertiary/aromatic N) is 6. The number of carbonyl (C=O) groups excluding carboxylic acids is 1. The Hall–Kier alpha value is -2.26. The average molecular weight is 416 g/mol. The molecule has 1 N–H and O–H groups in total. The lowest BCUT2D eigenvalue weighted by molar-refractivity contribution is -0.125. The molecule has 0 saturated carbocycles. The lowest BCUT2D eigenvalue weighted by atomic mass is 9.97. The Morgan fingerprint density at radius 1 is 1.20 bits per heavy atom. The van der Waals surface area contributed by atoms with E-state index in [1.807, 2.05) is 6.92 Å². The van der Waals surface area contributed by atoms with Crippen LogP contribution in [0.4, 0.5) is 5.82 Å². The molecular formula is C21H33N7O2. The molecule has 9 nitrogen and oxygen atoms in total. The molecule has 4 heterocycles. The standard InChI is InChI=1S/C21H33N7O2/c1-3-26-10-12-27(13-11-26)8-5-7-22-20(29)17-6-4-9-28(14-17)19-18-16(2)25-30-21(18)24-15-23-19/h15,17H,3-14H2,1-2H3,(H,22,29). The van der Waals surface area contributed by atoms with Crippen molar-refractivity contribution in [3.05, 3.63) is 12.0 Å². The Morgan fingerprint density at radius 3 is 2.80 bits per heavy atom. The molecule has 2 fully saturated rings. The van der Waals surface area contributed by atoms with Crippen LogP contribution in [-0.4, -0.2) is 89.7 Å². The average Bonchev–Trinajstić information content (AvgIpc) is 3.18. The molecule has 2 saturated heterocycles. The second-order valence-electron chi connectivity index (χ2n) is 8.35. The van der Waals surface area contributed by atoms with Crippen molar-refractivity contribution in [3.63, 3.8) is 0 Å². The molecule has 2 aromatic heterocycles. The van der Waals surface area contributed by atoms with Gasteiger partial charge in [0, 0.05) is 45.8 Å². The number of hydrogen-bond acceptors (Lipinski definition) is 8. The predicted octanol–water partition coefficient (Wildman–Crippen LogP) is 1.29. The number of rotatable bonds is 7. The summed E-state index contributed by atoms with van der Waals surface area (Å²) in [7, 11) is 0. The number of aromatic nitrogens is 3. The van der Waals surface area contributed by atoms with Gasteiger partial charge in [-0.3, -0.25) is 4.79 Å². The van der Waals surface area contributed by atoms with E-state index in [1.54, 1.807) is 0 Å². The SMILES string of the molecule is CCN1CCN(CCCNC(=O)C2CCCN(c3ncnc4onc(C)c34)C2)CC1. The summed E-state index contributed by atoms with van der Waals surface area (Å²) < 4.78 is 5.27. The molecule has 0 aromatic carbocycles. The molecule has 0 radical (unpaired) electrons. The van der Waals surface area contributed by atoms with E-state index in [4.69, 9.17) is 4.52 Å². The van der Waals surface area contributed by atoms with Gasteiger partial charge in [-0.15, -0.1) is 0 Å². The van der Waals surface area contributed by atoms with Crippen molar-refractivity contribution in [2.24, 2.45) is 5.92 Å². The summed E-state index contributed by atoms with van der Waals surface area (Å²) in [5, 5.41) is 8.02. The van der Waals surface area contributed by atoms with Crippen LogP contribution in [0.1, 0.15) is 31.9 Å². The maximum Gasteiger partial charge on any atom is 0.263 e. The summed E-state index contributed by atoms with van der Waals surface area (Å²) in [4.78, 5) is 28.6. The van der Waals surface area contributed by atoms with E-state index >= 15 is 0 Å². The van der Waals surface area contributed by atoms with Gasteiger partial charge in [0.05, 0.1) is 11.6 Å². The van der Waals surface area contributed by atoms with Crippen LogP contribution in [0.3, 0.4) is 0 Å². The molecule has 0 spiro atoms. The second kappa shape index (κ2) is 9.70. The van der Waals surface area contributed by atoms with E-state index in [0.717, 1.165) is 88.5 Å². The van der Waals surface area contributed by atoms with Gasteiger partial charge in [-0.2, -0.15) is 4.98 Å². The van der Waals surface area contributed by atoms with Crippen molar-refractivity contribution in [2.45, 2.75) is 33.1 Å². The molecule has 0 bridgehead atoms. The molecule has 2 aromatic rings. The van der Waals surface area contributed by atoms with Gasteiger partial charge in [0.25, 0.3) is 5.71 Å². The zero-order chi connectivity index (χ0) is 20.9. The quantitative estimate of drug-likeness (QED) is 0.677. The highest BCUT2D eigenvalue weighted by Crippen LogP contribution is 2.29. The number of hydrogen-bond donors (Lipinski definition) is 1. The number of carbonyl (C=O) groups is 1. The molecule has 0 aliphatic carbocycles. The van der Waals surface area contributed by atoms with Crippen molar-refractivity contribution < 1.29 is 9.32 Å². The van der Waals surface area contributed by atoms with Crippen LogP contribution in [0.25, 0.3) is 11.1 Å². The van der Waals surface area contributed by atoms with E-state index in [1.165, 1.54) is 6.33 Å². The van der Waals surface area contributed by atoms with Crippen LogP contribution >= 0.6 is 0 Å². The van der Waals surface area contributed by atoms with Crippen molar-refractivity contribution >= 4 is 22.8 Å². The predicted molar refractivity (Wildman–Crippen MR) is 115 cm³/mol. The normalized spacial score (nSPS) is 21.3. The van der Waals surface area contributed by atoms with Crippen LogP contribution in [-0.2, 0) is 4.79 Å². The number of fused-ring (bicyclic) bond motifs is 1. The van der Waals surface area contributed by atoms with Crippen LogP contribution in [0, 0.1) is 12.8 Å². The first kappa shape index (κ1) is 21.0. The summed E-state index contributed by atoms with van der Waals surface area (Å²) in [5.41, 5.74) is 1.29. The van der Waals surface area contributed by atoms with Crippen LogP contribution < -0.4 is 10.2 Å². The van der Waals surface area contributed by atoms with Crippen molar-refractivity contribution in [1.82, 2.24) is 30.2 Å². The van der Waals surface area contributed by atoms with Gasteiger partial charge in [0.2, 0.25) is 5.91 Å². The molecule has 1 amide bonds. The second-order valence-corrected chi connectivity index (χ2v) is 8.35. The van der Waals surface area contributed by atoms with E-state index in [0.29, 0.717) is 12.3 Å². The first-order valence-corrected chi connectivity index (χ1v) is 11.2. The minimum absolute atomic E-state index is 0.0166. The summed E-state index contributed by atoms with van der Waals surface area (Å²) in [6.07, 6.45) is 4.39. The van der Waals surface area contributed by atoms with Crippen LogP contribution in [0.5, 0.6) is 0 Å². The summed E-state index contributed by atoms with van der Waals surface area (Å²) >= 11 is 0. The Balaban J connectivity index is 1.25. The molecule has 2 aliphatic heterocycles. The number of anilines is 1. The molecule has 1 unspecified atom stereocenters. The third-order valence-electron chi connectivity index (χ3n) is 6.38. The van der Waals surface area contributed by atoms with Gasteiger partial charge >= 0.3 is 0 Å². The number of nitrogens with one attached hydrogen (secondary N) is 1. The van der Waals surface area contributed by atoms with Gasteiger partial charge in [0.15, 0.2) is 0 Å². The smallest absolute Gasteiger partial charge is 0.263 e. The van der Waals surface area contributed by atoms with Crippen molar-refractivity contribution in [3.8, 4) is 0 Å². The minimum atomic E-state index is -0.0166.